The normalized spacial score (nSPS) is 10.9. The Morgan fingerprint density at radius 3 is 2.67 bits per heavy atom. The standard InChI is InChI=1S/C16H22N4O/c1-11(2)16-18-14(8-15(21)19-16)20(3)10-13-6-4-5-12(7-13)9-17/h4-8,11H,9-10,17H2,1-3H3,(H,18,19,21). The fraction of sp³-hybridized carbons (Fsp3) is 0.375. The molecule has 1 aromatic heterocycles. The predicted octanol–water partition coefficient (Wildman–Crippen LogP) is 1.99. The van der Waals surface area contributed by atoms with Crippen molar-refractivity contribution in [1.29, 1.82) is 0 Å². The highest BCUT2D eigenvalue weighted by molar-refractivity contribution is 5.38. The lowest BCUT2D eigenvalue weighted by Gasteiger charge is -2.19. The third-order valence-electron chi connectivity index (χ3n) is 3.33. The first-order valence-corrected chi connectivity index (χ1v) is 7.10. The van der Waals surface area contributed by atoms with Gasteiger partial charge in [0.15, 0.2) is 0 Å². The van der Waals surface area contributed by atoms with E-state index in [1.807, 2.05) is 44.0 Å². The minimum absolute atomic E-state index is 0.119. The van der Waals surface area contributed by atoms with Crippen molar-refractivity contribution in [3.8, 4) is 0 Å². The molecule has 0 aliphatic heterocycles. The van der Waals surface area contributed by atoms with E-state index >= 15 is 0 Å². The summed E-state index contributed by atoms with van der Waals surface area (Å²) < 4.78 is 0. The second-order valence-corrected chi connectivity index (χ2v) is 5.52. The molecule has 0 spiro atoms. The number of nitrogens with one attached hydrogen (secondary N) is 1. The highest BCUT2D eigenvalue weighted by Crippen LogP contribution is 2.15. The lowest BCUT2D eigenvalue weighted by molar-refractivity contribution is 0.754. The quantitative estimate of drug-likeness (QED) is 0.881. The van der Waals surface area contributed by atoms with Crippen LogP contribution in [0.15, 0.2) is 35.1 Å². The highest BCUT2D eigenvalue weighted by Gasteiger charge is 2.09. The molecule has 5 heteroatoms. The van der Waals surface area contributed by atoms with Crippen molar-refractivity contribution < 1.29 is 0 Å². The molecule has 3 N–H and O–H groups in total. The highest BCUT2D eigenvalue weighted by atomic mass is 16.1. The minimum Gasteiger partial charge on any atom is -0.355 e. The van der Waals surface area contributed by atoms with Gasteiger partial charge in [-0.15, -0.1) is 0 Å². The number of rotatable bonds is 5. The van der Waals surface area contributed by atoms with Gasteiger partial charge in [0.1, 0.15) is 11.6 Å². The number of hydrogen-bond donors (Lipinski definition) is 2. The lowest BCUT2D eigenvalue weighted by atomic mass is 10.1. The Labute approximate surface area is 124 Å². The average molecular weight is 286 g/mol. The molecule has 0 unspecified atom stereocenters. The van der Waals surface area contributed by atoms with Gasteiger partial charge >= 0.3 is 0 Å². The van der Waals surface area contributed by atoms with Crippen LogP contribution in [0, 0.1) is 0 Å². The van der Waals surface area contributed by atoms with E-state index in [1.165, 1.54) is 6.07 Å². The number of nitrogens with two attached hydrogens (primary N) is 1. The van der Waals surface area contributed by atoms with Crippen molar-refractivity contribution in [1.82, 2.24) is 9.97 Å². The molecule has 5 nitrogen and oxygen atoms in total. The third-order valence-corrected chi connectivity index (χ3v) is 3.33. The fourth-order valence-electron chi connectivity index (χ4n) is 2.14. The molecule has 0 radical (unpaired) electrons. The molecule has 0 saturated carbocycles. The molecule has 2 rings (SSSR count). The average Bonchev–Trinajstić information content (AvgIpc) is 2.46. The van der Waals surface area contributed by atoms with Gasteiger partial charge in [0.2, 0.25) is 0 Å². The number of benzene rings is 1. The largest absolute Gasteiger partial charge is 0.355 e. The summed E-state index contributed by atoms with van der Waals surface area (Å²) in [4.78, 5) is 21.0. The second-order valence-electron chi connectivity index (χ2n) is 5.52. The lowest BCUT2D eigenvalue weighted by Crippen LogP contribution is -2.22. The van der Waals surface area contributed by atoms with Gasteiger partial charge in [-0.05, 0) is 11.1 Å². The van der Waals surface area contributed by atoms with E-state index in [0.29, 0.717) is 24.7 Å². The Kier molecular flexibility index (Phi) is 4.75. The molecule has 0 atom stereocenters. The number of aromatic amines is 1. The van der Waals surface area contributed by atoms with Gasteiger partial charge in [0, 0.05) is 32.1 Å². The SMILES string of the molecule is CC(C)c1nc(N(C)Cc2cccc(CN)c2)cc(=O)[nH]1. The van der Waals surface area contributed by atoms with Gasteiger partial charge in [-0.2, -0.15) is 0 Å². The Hall–Kier alpha value is -2.14. The summed E-state index contributed by atoms with van der Waals surface area (Å²) in [6.45, 7) is 5.22. The molecule has 0 aliphatic rings. The van der Waals surface area contributed by atoms with Gasteiger partial charge < -0.3 is 15.6 Å². The van der Waals surface area contributed by atoms with Crippen LogP contribution in [0.4, 0.5) is 5.82 Å². The molecule has 112 valence electrons. The minimum atomic E-state index is -0.119. The monoisotopic (exact) mass is 286 g/mol. The van der Waals surface area contributed by atoms with Crippen LogP contribution in [0.25, 0.3) is 0 Å². The Bertz CT molecular complexity index is 663. The van der Waals surface area contributed by atoms with E-state index in [1.54, 1.807) is 0 Å². The van der Waals surface area contributed by atoms with E-state index in [-0.39, 0.29) is 11.5 Å². The molecular weight excluding hydrogens is 264 g/mol. The van der Waals surface area contributed by atoms with E-state index in [4.69, 9.17) is 5.73 Å². The van der Waals surface area contributed by atoms with Crippen LogP contribution < -0.4 is 16.2 Å². The van der Waals surface area contributed by atoms with E-state index in [0.717, 1.165) is 11.1 Å². The van der Waals surface area contributed by atoms with E-state index < -0.39 is 0 Å². The Morgan fingerprint density at radius 1 is 1.29 bits per heavy atom. The van der Waals surface area contributed by atoms with Crippen LogP contribution in [0.2, 0.25) is 0 Å². The second kappa shape index (κ2) is 6.54. The molecule has 1 heterocycles. The van der Waals surface area contributed by atoms with Gasteiger partial charge in [-0.25, -0.2) is 4.98 Å². The first kappa shape index (κ1) is 15.3. The molecule has 0 amide bonds. The van der Waals surface area contributed by atoms with Gasteiger partial charge in [-0.1, -0.05) is 38.1 Å². The summed E-state index contributed by atoms with van der Waals surface area (Å²) in [6.07, 6.45) is 0. The molecule has 21 heavy (non-hydrogen) atoms. The first-order valence-electron chi connectivity index (χ1n) is 7.10. The zero-order valence-corrected chi connectivity index (χ0v) is 12.8. The van der Waals surface area contributed by atoms with Crippen LogP contribution in [-0.2, 0) is 13.1 Å². The summed E-state index contributed by atoms with van der Waals surface area (Å²) >= 11 is 0. The maximum atomic E-state index is 11.7. The van der Waals surface area contributed by atoms with Crippen LogP contribution in [-0.4, -0.2) is 17.0 Å². The zero-order chi connectivity index (χ0) is 15.4. The van der Waals surface area contributed by atoms with Crippen molar-refractivity contribution in [3.05, 3.63) is 57.6 Å². The number of hydrogen-bond acceptors (Lipinski definition) is 4. The smallest absolute Gasteiger partial charge is 0.252 e. The topological polar surface area (TPSA) is 75.0 Å². The number of H-pyrrole nitrogens is 1. The molecule has 0 fully saturated rings. The van der Waals surface area contributed by atoms with Crippen LogP contribution in [0.1, 0.15) is 36.7 Å². The molecule has 2 aromatic rings. The molecule has 1 aromatic carbocycles. The summed E-state index contributed by atoms with van der Waals surface area (Å²) in [7, 11) is 1.93. The Balaban J connectivity index is 2.23. The van der Waals surface area contributed by atoms with Gasteiger partial charge in [-0.3, -0.25) is 4.79 Å². The summed E-state index contributed by atoms with van der Waals surface area (Å²) in [6, 6.07) is 9.65. The van der Waals surface area contributed by atoms with E-state index in [2.05, 4.69) is 16.0 Å². The summed E-state index contributed by atoms with van der Waals surface area (Å²) in [5, 5.41) is 0. The molecule has 0 bridgehead atoms. The van der Waals surface area contributed by atoms with Crippen LogP contribution >= 0.6 is 0 Å². The molecular formula is C16H22N4O. The van der Waals surface area contributed by atoms with Crippen molar-refractivity contribution in [2.75, 3.05) is 11.9 Å². The van der Waals surface area contributed by atoms with Crippen LogP contribution in [0.3, 0.4) is 0 Å². The summed E-state index contributed by atoms with van der Waals surface area (Å²) in [5.41, 5.74) is 7.79. The zero-order valence-electron chi connectivity index (χ0n) is 12.8. The van der Waals surface area contributed by atoms with Crippen molar-refractivity contribution in [3.63, 3.8) is 0 Å². The number of aromatic nitrogens is 2. The predicted molar refractivity (Wildman–Crippen MR) is 85.4 cm³/mol. The first-order chi connectivity index (χ1) is 9.99. The summed E-state index contributed by atoms with van der Waals surface area (Å²) in [5.74, 6) is 1.58. The third kappa shape index (κ3) is 3.92. The van der Waals surface area contributed by atoms with Crippen molar-refractivity contribution in [2.45, 2.75) is 32.9 Å². The van der Waals surface area contributed by atoms with Crippen LogP contribution in [0.5, 0.6) is 0 Å². The van der Waals surface area contributed by atoms with Crippen molar-refractivity contribution >= 4 is 5.82 Å². The van der Waals surface area contributed by atoms with Gasteiger partial charge in [0.05, 0.1) is 0 Å². The van der Waals surface area contributed by atoms with Gasteiger partial charge in [0.25, 0.3) is 5.56 Å². The number of nitrogens with zero attached hydrogens (tertiary/aromatic N) is 2. The fourth-order valence-corrected chi connectivity index (χ4v) is 2.14. The Morgan fingerprint density at radius 2 is 2.00 bits per heavy atom. The van der Waals surface area contributed by atoms with Crippen molar-refractivity contribution in [2.24, 2.45) is 5.73 Å². The van der Waals surface area contributed by atoms with E-state index in [9.17, 15) is 4.79 Å². The number of anilines is 1. The maximum Gasteiger partial charge on any atom is 0.252 e. The molecule has 0 saturated heterocycles. The maximum absolute atomic E-state index is 11.7. The molecule has 0 aliphatic carbocycles.